The van der Waals surface area contributed by atoms with Gasteiger partial charge in [0.15, 0.2) is 5.78 Å². The Bertz CT molecular complexity index is 2140. The number of hydrogen-bond acceptors (Lipinski definition) is 6. The van der Waals surface area contributed by atoms with Crippen LogP contribution in [-0.4, -0.2) is 20.9 Å². The van der Waals surface area contributed by atoms with Crippen LogP contribution < -0.4 is 0 Å². The molecule has 1 N–H and O–H groups in total. The van der Waals surface area contributed by atoms with Crippen molar-refractivity contribution >= 4 is 59.2 Å². The van der Waals surface area contributed by atoms with E-state index in [4.69, 9.17) is 9.40 Å². The van der Waals surface area contributed by atoms with Gasteiger partial charge >= 0.3 is 0 Å². The van der Waals surface area contributed by atoms with Crippen LogP contribution in [-0.2, 0) is 30.3 Å². The summed E-state index contributed by atoms with van der Waals surface area (Å²) in [6, 6.07) is 18.7. The Balaban J connectivity index is 0.000000260. The second-order valence-corrected chi connectivity index (χ2v) is 15.6. The van der Waals surface area contributed by atoms with Crippen molar-refractivity contribution in [1.82, 2.24) is 9.97 Å². The molecule has 5 nitrogen and oxygen atoms in total. The molecule has 0 unspecified atom stereocenters. The summed E-state index contributed by atoms with van der Waals surface area (Å²) in [7, 11) is 0. The smallest absolute Gasteiger partial charge is 0.164 e. The van der Waals surface area contributed by atoms with Crippen molar-refractivity contribution in [2.45, 2.75) is 100 Å². The van der Waals surface area contributed by atoms with Crippen LogP contribution >= 0.6 is 11.3 Å². The fourth-order valence-electron chi connectivity index (χ4n) is 6.17. The molecule has 1 radical (unpaired) electrons. The van der Waals surface area contributed by atoms with E-state index in [0.29, 0.717) is 0 Å². The van der Waals surface area contributed by atoms with Crippen molar-refractivity contribution in [3.63, 3.8) is 0 Å². The zero-order valence-corrected chi connectivity index (χ0v) is 33.7. The summed E-state index contributed by atoms with van der Waals surface area (Å²) in [4.78, 5) is 22.5. The van der Waals surface area contributed by atoms with Crippen molar-refractivity contribution in [2.24, 2.45) is 10.8 Å². The van der Waals surface area contributed by atoms with Gasteiger partial charge in [0.25, 0.3) is 0 Å². The number of allylic oxidation sites excluding steroid dienone is 2. The molecule has 0 amide bonds. The summed E-state index contributed by atoms with van der Waals surface area (Å²) in [5.41, 5.74) is 4.65. The molecule has 0 bridgehead atoms. The number of fused-ring (bicyclic) bond motifs is 6. The van der Waals surface area contributed by atoms with E-state index < -0.39 is 0 Å². The van der Waals surface area contributed by atoms with E-state index in [1.165, 1.54) is 17.0 Å². The average molecular weight is 854 g/mol. The Morgan fingerprint density at radius 1 is 0.898 bits per heavy atom. The molecule has 0 atom stereocenters. The molecule has 0 aliphatic carbocycles. The number of carbonyl (C=O) groups is 1. The molecule has 0 saturated carbocycles. The third kappa shape index (κ3) is 7.27. The minimum atomic E-state index is -0.337. The second kappa shape index (κ2) is 14.8. The number of carbonyl (C=O) groups excluding carboxylic acids is 1. The normalized spacial score (nSPS) is 12.7. The zero-order valence-electron chi connectivity index (χ0n) is 30.5. The Morgan fingerprint density at radius 2 is 1.55 bits per heavy atom. The Kier molecular flexibility index (Phi) is 11.6. The van der Waals surface area contributed by atoms with Crippen LogP contribution in [0, 0.1) is 23.8 Å². The third-order valence-corrected chi connectivity index (χ3v) is 11.7. The SMILES string of the molecule is CCC(C)(CC)C(=O)/C=C(\O)C(C)(CC)CC.Cc1coc2c1ccc1sc3ncnc(-c4[c-]c5ccccc5c(C(C)(C)C)c4)c3c12.[Ir]. The second-order valence-electron chi connectivity index (χ2n) is 14.6. The zero-order chi connectivity index (χ0) is 35.0. The molecule has 49 heavy (non-hydrogen) atoms. The molecule has 0 aliphatic heterocycles. The van der Waals surface area contributed by atoms with Gasteiger partial charge in [0, 0.05) is 63.6 Å². The van der Waals surface area contributed by atoms with E-state index in [1.54, 1.807) is 17.7 Å². The monoisotopic (exact) mass is 854 g/mol. The standard InChI is InChI=1S/C27H21N2OS.C15H28O2.Ir/c1-15-13-30-25-18(15)9-10-21-22(25)23-24(28-14-29-26(23)31-21)17-11-16-7-5-6-8-19(16)20(12-17)27(2,3)4;1-7-14(5,8-2)12(16)11-13(17)15(6,9-3)10-4;/h5-10,12-14H,1-4H3;11,16H,7-10H2,1-6H3;/q-1;;/b;12-11-;. The number of aryl methyl sites for hydroxylation is 1. The number of hydrogen-bond donors (Lipinski definition) is 1. The number of aliphatic hydroxyl groups excluding tert-OH is 1. The maximum absolute atomic E-state index is 12.2. The first kappa shape index (κ1) is 38.4. The number of aromatic nitrogens is 2. The van der Waals surface area contributed by atoms with Gasteiger partial charge < -0.3 is 9.52 Å². The summed E-state index contributed by atoms with van der Waals surface area (Å²) >= 11 is 1.68. The van der Waals surface area contributed by atoms with E-state index >= 15 is 0 Å². The van der Waals surface area contributed by atoms with Gasteiger partial charge in [-0.1, -0.05) is 91.5 Å². The maximum atomic E-state index is 12.2. The minimum absolute atomic E-state index is 0. The molecule has 0 aliphatic rings. The van der Waals surface area contributed by atoms with E-state index in [9.17, 15) is 9.90 Å². The van der Waals surface area contributed by atoms with Gasteiger partial charge in [-0.15, -0.1) is 40.5 Å². The maximum Gasteiger partial charge on any atom is 0.164 e. The van der Waals surface area contributed by atoms with Gasteiger partial charge in [0.05, 0.1) is 6.26 Å². The predicted molar refractivity (Wildman–Crippen MR) is 203 cm³/mol. The van der Waals surface area contributed by atoms with Crippen molar-refractivity contribution in [2.75, 3.05) is 0 Å². The fraction of sp³-hybridized carbons (Fsp3) is 0.405. The first-order valence-electron chi connectivity index (χ1n) is 17.2. The van der Waals surface area contributed by atoms with Crippen LogP contribution in [0.2, 0.25) is 0 Å². The molecule has 0 spiro atoms. The van der Waals surface area contributed by atoms with Crippen molar-refractivity contribution in [3.05, 3.63) is 84.1 Å². The molecule has 3 heterocycles. The number of rotatable bonds is 8. The van der Waals surface area contributed by atoms with E-state index in [2.05, 4.69) is 81.2 Å². The van der Waals surface area contributed by atoms with Gasteiger partial charge in [-0.25, -0.2) is 4.98 Å². The summed E-state index contributed by atoms with van der Waals surface area (Å²) in [6.07, 6.45) is 8.25. The van der Waals surface area contributed by atoms with Crippen LogP contribution in [0.3, 0.4) is 0 Å². The fourth-order valence-corrected chi connectivity index (χ4v) is 7.21. The Hall–Kier alpha value is -3.38. The van der Waals surface area contributed by atoms with Gasteiger partial charge in [-0.2, -0.15) is 0 Å². The molecule has 0 saturated heterocycles. The molecular formula is C42H49IrN2O3S-. The number of ketones is 1. The van der Waals surface area contributed by atoms with Crippen molar-refractivity contribution in [1.29, 1.82) is 0 Å². The van der Waals surface area contributed by atoms with E-state index in [1.807, 2.05) is 47.8 Å². The molecule has 6 rings (SSSR count). The molecule has 261 valence electrons. The van der Waals surface area contributed by atoms with Crippen LogP contribution in [0.15, 0.2) is 71.3 Å². The average Bonchev–Trinajstić information content (AvgIpc) is 3.66. The van der Waals surface area contributed by atoms with Crippen LogP contribution in [0.4, 0.5) is 0 Å². The minimum Gasteiger partial charge on any atom is -0.512 e. The van der Waals surface area contributed by atoms with Crippen LogP contribution in [0.25, 0.3) is 53.3 Å². The third-order valence-electron chi connectivity index (χ3n) is 10.6. The summed E-state index contributed by atoms with van der Waals surface area (Å²) in [6.45, 7) is 20.9. The largest absolute Gasteiger partial charge is 0.512 e. The van der Waals surface area contributed by atoms with E-state index in [0.717, 1.165) is 79.2 Å². The number of benzene rings is 3. The summed E-state index contributed by atoms with van der Waals surface area (Å²) in [5, 5.41) is 15.8. The first-order valence-corrected chi connectivity index (χ1v) is 18.0. The summed E-state index contributed by atoms with van der Waals surface area (Å²) in [5.74, 6) is 0.286. The van der Waals surface area contributed by atoms with E-state index in [-0.39, 0.29) is 47.9 Å². The molecule has 3 aromatic carbocycles. The topological polar surface area (TPSA) is 76.2 Å². The van der Waals surface area contributed by atoms with Crippen LogP contribution in [0.1, 0.15) is 99.1 Å². The molecule has 6 aromatic rings. The number of furan rings is 1. The van der Waals surface area contributed by atoms with Crippen molar-refractivity contribution in [3.8, 4) is 11.3 Å². The van der Waals surface area contributed by atoms with Crippen molar-refractivity contribution < 1.29 is 34.4 Å². The Morgan fingerprint density at radius 3 is 2.18 bits per heavy atom. The number of thiophene rings is 1. The molecule has 0 fully saturated rings. The van der Waals surface area contributed by atoms with Gasteiger partial charge in [0.2, 0.25) is 0 Å². The summed E-state index contributed by atoms with van der Waals surface area (Å²) < 4.78 is 7.17. The van der Waals surface area contributed by atoms with Gasteiger partial charge in [-0.3, -0.25) is 9.78 Å². The molecular weight excluding hydrogens is 805 g/mol. The quantitative estimate of drug-likeness (QED) is 0.0938. The molecule has 7 heteroatoms. The number of nitrogens with zero attached hydrogens (tertiary/aromatic N) is 2. The van der Waals surface area contributed by atoms with Gasteiger partial charge in [-0.05, 0) is 55.7 Å². The number of aliphatic hydroxyl groups is 1. The van der Waals surface area contributed by atoms with Gasteiger partial charge in [0.1, 0.15) is 22.5 Å². The van der Waals surface area contributed by atoms with Crippen LogP contribution in [0.5, 0.6) is 0 Å². The Labute approximate surface area is 308 Å². The predicted octanol–water partition coefficient (Wildman–Crippen LogP) is 12.5. The molecule has 3 aromatic heterocycles. The first-order chi connectivity index (χ1) is 22.7.